The Morgan fingerprint density at radius 1 is 0.590 bits per heavy atom. The zero-order valence-electron chi connectivity index (χ0n) is 23.5. The Balaban J connectivity index is 2.29. The van der Waals surface area contributed by atoms with E-state index in [9.17, 15) is 40.9 Å². The number of hydrogen-bond acceptors (Lipinski definition) is 12. The molecule has 2 fully saturated rings. The average Bonchev–Trinajstić information content (AvgIpc) is 3.46. The Kier molecular flexibility index (Phi) is 13.3. The third-order valence-electron chi connectivity index (χ3n) is 8.47. The van der Waals surface area contributed by atoms with Gasteiger partial charge >= 0.3 is 14.2 Å². The first-order valence-corrected chi connectivity index (χ1v) is 13.8. The molecule has 2 heterocycles. The zero-order valence-corrected chi connectivity index (χ0v) is 23.5. The molecule has 1 atom stereocenters. The Bertz CT molecular complexity index is 665. The lowest BCUT2D eigenvalue weighted by molar-refractivity contribution is -0.147. The summed E-state index contributed by atoms with van der Waals surface area (Å²) in [7, 11) is -2.51. The molecule has 0 radical (unpaired) electrons. The van der Waals surface area contributed by atoms with E-state index in [1.165, 1.54) is 5.57 Å². The molecule has 0 saturated carbocycles. The molecule has 14 heteroatoms. The van der Waals surface area contributed by atoms with Gasteiger partial charge in [0.15, 0.2) is 0 Å². The highest BCUT2D eigenvalue weighted by atomic mass is 16.7. The van der Waals surface area contributed by atoms with E-state index in [1.807, 2.05) is 0 Å². The summed E-state index contributed by atoms with van der Waals surface area (Å²) >= 11 is 0. The normalized spacial score (nSPS) is 22.1. The standard InChI is InChI=1S/C25H48B2O12/c1-19(2)7-6-9-20(3)8-4-5-10-21(26-36-22(11-28,12-29)23(13-30,14-31)37-26)27-38-24(15-32,16-33)25(17-34,18-35)39-27/h7,20-21,28-35H,4-6,8-18H2,1-3H3. The molecule has 39 heavy (non-hydrogen) atoms. The van der Waals surface area contributed by atoms with Gasteiger partial charge in [0.05, 0.1) is 52.9 Å². The summed E-state index contributed by atoms with van der Waals surface area (Å²) in [4.78, 5) is 0. The molecule has 1 unspecified atom stereocenters. The maximum absolute atomic E-state index is 10.1. The van der Waals surface area contributed by atoms with Crippen molar-refractivity contribution in [2.24, 2.45) is 5.92 Å². The molecular formula is C25H48B2O12. The van der Waals surface area contributed by atoms with Gasteiger partial charge in [-0.15, -0.1) is 0 Å². The summed E-state index contributed by atoms with van der Waals surface area (Å²) in [6, 6.07) is 0. The summed E-state index contributed by atoms with van der Waals surface area (Å²) in [5.74, 6) is 0.484. The fourth-order valence-electron chi connectivity index (χ4n) is 5.44. The van der Waals surface area contributed by atoms with Gasteiger partial charge in [0.25, 0.3) is 0 Å². The first kappa shape index (κ1) is 34.6. The van der Waals surface area contributed by atoms with Crippen LogP contribution in [0.25, 0.3) is 0 Å². The molecule has 226 valence electrons. The molecule has 12 nitrogen and oxygen atoms in total. The van der Waals surface area contributed by atoms with Gasteiger partial charge in [-0.2, -0.15) is 0 Å². The number of hydrogen-bond donors (Lipinski definition) is 8. The molecule has 2 aliphatic heterocycles. The Morgan fingerprint density at radius 3 is 1.23 bits per heavy atom. The van der Waals surface area contributed by atoms with Gasteiger partial charge in [0, 0.05) is 5.72 Å². The minimum atomic E-state index is -1.84. The predicted molar refractivity (Wildman–Crippen MR) is 144 cm³/mol. The maximum Gasteiger partial charge on any atom is 0.459 e. The van der Waals surface area contributed by atoms with Crippen LogP contribution in [-0.4, -0.2) is 130 Å². The molecule has 8 N–H and O–H groups in total. The Hall–Kier alpha value is -0.610. The van der Waals surface area contributed by atoms with Crippen LogP contribution in [0.3, 0.4) is 0 Å². The molecule has 0 spiro atoms. The molecule has 0 amide bonds. The first-order chi connectivity index (χ1) is 18.6. The van der Waals surface area contributed by atoms with Crippen LogP contribution in [0.1, 0.15) is 59.3 Å². The fraction of sp³-hybridized carbons (Fsp3) is 0.920. The molecular weight excluding hydrogens is 514 g/mol. The highest BCUT2D eigenvalue weighted by Crippen LogP contribution is 2.47. The summed E-state index contributed by atoms with van der Waals surface area (Å²) in [6.45, 7) is 0.196. The summed E-state index contributed by atoms with van der Waals surface area (Å²) in [5, 5.41) is 80.7. The third-order valence-corrected chi connectivity index (χ3v) is 8.47. The minimum Gasteiger partial charge on any atom is -0.398 e. The van der Waals surface area contributed by atoms with Gasteiger partial charge < -0.3 is 59.5 Å². The molecule has 2 saturated heterocycles. The number of unbranched alkanes of at least 4 members (excludes halogenated alkanes) is 1. The molecule has 0 aliphatic carbocycles. The second-order valence-corrected chi connectivity index (χ2v) is 11.4. The van der Waals surface area contributed by atoms with E-state index in [-0.39, 0.29) is 0 Å². The van der Waals surface area contributed by atoms with Crippen LogP contribution in [0.15, 0.2) is 11.6 Å². The number of rotatable bonds is 18. The van der Waals surface area contributed by atoms with Crippen LogP contribution in [0.5, 0.6) is 0 Å². The number of aliphatic hydroxyl groups excluding tert-OH is 8. The van der Waals surface area contributed by atoms with E-state index in [1.54, 1.807) is 0 Å². The predicted octanol–water partition coefficient (Wildman–Crippen LogP) is -1.20. The molecule has 2 aliphatic rings. The zero-order chi connectivity index (χ0) is 29.3. The van der Waals surface area contributed by atoms with E-state index in [0.29, 0.717) is 18.8 Å². The van der Waals surface area contributed by atoms with Crippen molar-refractivity contribution in [2.45, 2.75) is 87.4 Å². The van der Waals surface area contributed by atoms with E-state index >= 15 is 0 Å². The van der Waals surface area contributed by atoms with Crippen LogP contribution in [0.4, 0.5) is 0 Å². The largest absolute Gasteiger partial charge is 0.459 e. The fourth-order valence-corrected chi connectivity index (χ4v) is 5.44. The first-order valence-electron chi connectivity index (χ1n) is 13.8. The molecule has 0 aromatic heterocycles. The number of aliphatic hydroxyl groups is 8. The van der Waals surface area contributed by atoms with Gasteiger partial charge in [-0.1, -0.05) is 44.3 Å². The van der Waals surface area contributed by atoms with Crippen LogP contribution in [0, 0.1) is 5.92 Å². The summed E-state index contributed by atoms with van der Waals surface area (Å²) in [6.07, 6.45) is 7.05. The van der Waals surface area contributed by atoms with E-state index in [2.05, 4.69) is 26.8 Å². The van der Waals surface area contributed by atoms with Crippen LogP contribution in [-0.2, 0) is 18.6 Å². The average molecular weight is 562 g/mol. The highest BCUT2D eigenvalue weighted by molar-refractivity contribution is 6.68. The van der Waals surface area contributed by atoms with Gasteiger partial charge in [0.1, 0.15) is 22.4 Å². The van der Waals surface area contributed by atoms with Crippen LogP contribution >= 0.6 is 0 Å². The van der Waals surface area contributed by atoms with Gasteiger partial charge in [0.2, 0.25) is 0 Å². The Morgan fingerprint density at radius 2 is 0.923 bits per heavy atom. The van der Waals surface area contributed by atoms with Crippen molar-refractivity contribution in [3.05, 3.63) is 11.6 Å². The summed E-state index contributed by atoms with van der Waals surface area (Å²) < 4.78 is 23.9. The Labute approximate surface area is 231 Å². The van der Waals surface area contributed by atoms with Crippen molar-refractivity contribution >= 4 is 14.2 Å². The minimum absolute atomic E-state index is 0.357. The van der Waals surface area contributed by atoms with Gasteiger partial charge in [-0.3, -0.25) is 0 Å². The van der Waals surface area contributed by atoms with Gasteiger partial charge in [-0.05, 0) is 32.6 Å². The number of allylic oxidation sites excluding steroid dienone is 2. The van der Waals surface area contributed by atoms with Crippen molar-refractivity contribution in [1.29, 1.82) is 0 Å². The smallest absolute Gasteiger partial charge is 0.398 e. The third kappa shape index (κ3) is 6.90. The van der Waals surface area contributed by atoms with E-state index in [4.69, 9.17) is 18.6 Å². The quantitative estimate of drug-likeness (QED) is 0.0565. The summed E-state index contributed by atoms with van der Waals surface area (Å²) in [5.41, 5.74) is -6.89. The topological polar surface area (TPSA) is 199 Å². The highest BCUT2D eigenvalue weighted by Gasteiger charge is 2.69. The molecule has 0 aromatic rings. The second-order valence-electron chi connectivity index (χ2n) is 11.4. The SMILES string of the molecule is CC(C)=CCCC(C)CCCCC(B1OC(CO)(CO)C(CO)(CO)O1)B1OC(CO)(CO)C(CO)(CO)O1. The van der Waals surface area contributed by atoms with Crippen LogP contribution in [0.2, 0.25) is 5.72 Å². The van der Waals surface area contributed by atoms with Crippen LogP contribution < -0.4 is 0 Å². The van der Waals surface area contributed by atoms with Crippen molar-refractivity contribution in [2.75, 3.05) is 52.9 Å². The monoisotopic (exact) mass is 562 g/mol. The van der Waals surface area contributed by atoms with E-state index < -0.39 is 95.2 Å². The molecule has 2 rings (SSSR count). The molecule has 0 bridgehead atoms. The van der Waals surface area contributed by atoms with E-state index in [0.717, 1.165) is 25.7 Å². The lowest BCUT2D eigenvalue weighted by Gasteiger charge is -2.39. The lowest BCUT2D eigenvalue weighted by Crippen LogP contribution is -2.61. The van der Waals surface area contributed by atoms with Gasteiger partial charge in [-0.25, -0.2) is 0 Å². The van der Waals surface area contributed by atoms with Crippen molar-refractivity contribution in [3.63, 3.8) is 0 Å². The van der Waals surface area contributed by atoms with Crippen molar-refractivity contribution in [3.8, 4) is 0 Å². The van der Waals surface area contributed by atoms with Crippen molar-refractivity contribution < 1.29 is 59.5 Å². The van der Waals surface area contributed by atoms with Crippen molar-refractivity contribution in [1.82, 2.24) is 0 Å². The second kappa shape index (κ2) is 15.0. The molecule has 0 aromatic carbocycles. The lowest BCUT2D eigenvalue weighted by atomic mass is 9.50. The maximum atomic E-state index is 10.1.